The quantitative estimate of drug-likeness (QED) is 0.272. The average Bonchev–Trinajstić information content (AvgIpc) is 3.47. The minimum atomic E-state index is -0.875. The number of aryl methyl sites for hydroxylation is 1. The fourth-order valence-corrected chi connectivity index (χ4v) is 5.37. The van der Waals surface area contributed by atoms with Gasteiger partial charge in [0.05, 0.1) is 23.2 Å². The van der Waals surface area contributed by atoms with E-state index < -0.39 is 17.2 Å². The lowest BCUT2D eigenvalue weighted by atomic mass is 9.82. The molecule has 1 fully saturated rings. The lowest BCUT2D eigenvalue weighted by Crippen LogP contribution is -2.31. The number of nitrogens with zero attached hydrogens (tertiary/aromatic N) is 3. The predicted molar refractivity (Wildman–Crippen MR) is 138 cm³/mol. The van der Waals surface area contributed by atoms with Crippen LogP contribution in [0.4, 0.5) is 4.39 Å². The van der Waals surface area contributed by atoms with Crippen molar-refractivity contribution in [1.29, 1.82) is 0 Å². The van der Waals surface area contributed by atoms with Gasteiger partial charge in [-0.25, -0.2) is 9.37 Å². The van der Waals surface area contributed by atoms with Crippen LogP contribution in [0, 0.1) is 18.2 Å². The van der Waals surface area contributed by atoms with Crippen molar-refractivity contribution in [3.63, 3.8) is 0 Å². The van der Waals surface area contributed by atoms with Gasteiger partial charge >= 0.3 is 5.97 Å². The molecule has 0 atom stereocenters. The summed E-state index contributed by atoms with van der Waals surface area (Å²) in [5, 5.41) is 10.1. The molecule has 1 aliphatic carbocycles. The number of hydrogen-bond donors (Lipinski definition) is 1. The molecule has 2 aromatic carbocycles. The van der Waals surface area contributed by atoms with Crippen LogP contribution < -0.4 is 4.74 Å². The molecule has 0 bridgehead atoms. The maximum absolute atomic E-state index is 15.3. The second kappa shape index (κ2) is 10.0. The van der Waals surface area contributed by atoms with E-state index in [1.165, 1.54) is 6.07 Å². The zero-order valence-corrected chi connectivity index (χ0v) is 21.6. The summed E-state index contributed by atoms with van der Waals surface area (Å²) in [6.45, 7) is 2.59. The third kappa shape index (κ3) is 4.87. The Bertz CT molecular complexity index is 1410. The maximum atomic E-state index is 15.3. The summed E-state index contributed by atoms with van der Waals surface area (Å²) in [5.74, 6) is -0.366. The molecule has 2 heterocycles. The van der Waals surface area contributed by atoms with Gasteiger partial charge in [0.25, 0.3) is 0 Å². The summed E-state index contributed by atoms with van der Waals surface area (Å²) in [5.41, 5.74) is 2.70. The first-order chi connectivity index (χ1) is 17.3. The number of halogens is 2. The second-order valence-electron chi connectivity index (χ2n) is 9.56. The highest BCUT2D eigenvalue weighted by molar-refractivity contribution is 9.10. The lowest BCUT2D eigenvalue weighted by molar-refractivity contribution is -0.148. The van der Waals surface area contributed by atoms with Gasteiger partial charge in [-0.2, -0.15) is 0 Å². The first-order valence-corrected chi connectivity index (χ1v) is 12.8. The van der Waals surface area contributed by atoms with Crippen molar-refractivity contribution in [2.45, 2.75) is 52.2 Å². The summed E-state index contributed by atoms with van der Waals surface area (Å²) >= 11 is 3.60. The number of rotatable bonds is 8. The van der Waals surface area contributed by atoms with Crippen LogP contribution in [0.5, 0.6) is 5.75 Å². The largest absolute Gasteiger partial charge is 0.487 e. The fourth-order valence-electron chi connectivity index (χ4n) is 4.96. The standard InChI is InChI=1S/C28H27BrFN3O3/c1-18-8-9-20(31-15-18)17-36-21-12-23(30)26-24(13-21)33(16-19-6-2-3-7-22(19)29)25(32-26)14-28(27(34)35)10-4-5-11-28/h2-3,6-9,12-13,15H,4-5,10-11,14,16-17H2,1H3,(H,34,35). The van der Waals surface area contributed by atoms with Crippen molar-refractivity contribution >= 4 is 32.9 Å². The Morgan fingerprint density at radius 1 is 1.19 bits per heavy atom. The van der Waals surface area contributed by atoms with Gasteiger partial charge in [0.2, 0.25) is 0 Å². The Balaban J connectivity index is 1.56. The van der Waals surface area contributed by atoms with Gasteiger partial charge in [-0.1, -0.05) is 53.0 Å². The van der Waals surface area contributed by atoms with Gasteiger partial charge < -0.3 is 14.4 Å². The average molecular weight is 552 g/mol. The van der Waals surface area contributed by atoms with Crippen molar-refractivity contribution in [2.24, 2.45) is 5.41 Å². The van der Waals surface area contributed by atoms with Crippen molar-refractivity contribution in [1.82, 2.24) is 14.5 Å². The summed E-state index contributed by atoms with van der Waals surface area (Å²) in [4.78, 5) is 21.3. The van der Waals surface area contributed by atoms with Gasteiger partial charge in [-0.3, -0.25) is 9.78 Å². The Hall–Kier alpha value is -3.26. The van der Waals surface area contributed by atoms with E-state index in [0.717, 1.165) is 34.1 Å². The van der Waals surface area contributed by atoms with E-state index in [1.807, 2.05) is 47.9 Å². The third-order valence-electron chi connectivity index (χ3n) is 7.02. The Kier molecular flexibility index (Phi) is 6.79. The lowest BCUT2D eigenvalue weighted by Gasteiger charge is -2.24. The molecule has 0 radical (unpaired) electrons. The highest BCUT2D eigenvalue weighted by atomic mass is 79.9. The summed E-state index contributed by atoms with van der Waals surface area (Å²) in [6.07, 6.45) is 4.96. The zero-order chi connectivity index (χ0) is 25.3. The molecule has 0 saturated heterocycles. The van der Waals surface area contributed by atoms with E-state index in [-0.39, 0.29) is 18.5 Å². The molecule has 0 aliphatic heterocycles. The van der Waals surface area contributed by atoms with Crippen molar-refractivity contribution in [3.05, 3.63) is 87.7 Å². The molecule has 0 amide bonds. The molecular formula is C28H27BrFN3O3. The monoisotopic (exact) mass is 551 g/mol. The van der Waals surface area contributed by atoms with Crippen molar-refractivity contribution < 1.29 is 19.0 Å². The van der Waals surface area contributed by atoms with Gasteiger partial charge in [0.15, 0.2) is 5.82 Å². The maximum Gasteiger partial charge on any atom is 0.310 e. The van der Waals surface area contributed by atoms with Crippen LogP contribution in [0.3, 0.4) is 0 Å². The highest BCUT2D eigenvalue weighted by Gasteiger charge is 2.42. The topological polar surface area (TPSA) is 77.2 Å². The van der Waals surface area contributed by atoms with Crippen LogP contribution in [-0.4, -0.2) is 25.6 Å². The number of carbonyl (C=O) groups is 1. The van der Waals surface area contributed by atoms with E-state index in [4.69, 9.17) is 4.74 Å². The molecule has 8 heteroatoms. The number of hydrogen-bond acceptors (Lipinski definition) is 4. The van der Waals surface area contributed by atoms with Crippen LogP contribution in [-0.2, 0) is 24.4 Å². The smallest absolute Gasteiger partial charge is 0.310 e. The number of carboxylic acids is 1. The van der Waals surface area contributed by atoms with Crippen LogP contribution in [0.1, 0.15) is 48.3 Å². The van der Waals surface area contributed by atoms with Gasteiger partial charge in [0, 0.05) is 29.2 Å². The minimum absolute atomic E-state index is 0.207. The number of imidazole rings is 1. The molecule has 0 unspecified atom stereocenters. The molecule has 5 rings (SSSR count). The molecule has 1 aliphatic rings. The molecule has 36 heavy (non-hydrogen) atoms. The van der Waals surface area contributed by atoms with Crippen LogP contribution >= 0.6 is 15.9 Å². The predicted octanol–water partition coefficient (Wildman–Crippen LogP) is 6.46. The first-order valence-electron chi connectivity index (χ1n) is 12.0. The minimum Gasteiger partial charge on any atom is -0.487 e. The van der Waals surface area contributed by atoms with Crippen LogP contribution in [0.2, 0.25) is 0 Å². The Morgan fingerprint density at radius 2 is 1.97 bits per heavy atom. The summed E-state index contributed by atoms with van der Waals surface area (Å²) in [6, 6.07) is 14.8. The summed E-state index contributed by atoms with van der Waals surface area (Å²) < 4.78 is 24.1. The molecule has 4 aromatic rings. The molecule has 1 N–H and O–H groups in total. The Morgan fingerprint density at radius 3 is 2.67 bits per heavy atom. The zero-order valence-electron chi connectivity index (χ0n) is 20.0. The van der Waals surface area contributed by atoms with E-state index in [2.05, 4.69) is 25.9 Å². The first kappa shape index (κ1) is 24.4. The molecule has 1 saturated carbocycles. The number of carboxylic acid groups (broad SMARTS) is 1. The van der Waals surface area contributed by atoms with Gasteiger partial charge in [0.1, 0.15) is 23.7 Å². The number of aromatic nitrogens is 3. The van der Waals surface area contributed by atoms with Crippen LogP contribution in [0.15, 0.2) is 59.2 Å². The van der Waals surface area contributed by atoms with Crippen molar-refractivity contribution in [3.8, 4) is 5.75 Å². The van der Waals surface area contributed by atoms with Crippen molar-refractivity contribution in [2.75, 3.05) is 0 Å². The number of pyridine rings is 1. The SMILES string of the molecule is Cc1ccc(COc2cc(F)c3nc(CC4(C(=O)O)CCCC4)n(Cc4ccccc4Br)c3c2)nc1. The fraction of sp³-hybridized carbons (Fsp3) is 0.321. The van der Waals surface area contributed by atoms with Gasteiger partial charge in [-0.05, 0) is 43.0 Å². The Labute approximate surface area is 217 Å². The third-order valence-corrected chi connectivity index (χ3v) is 7.79. The van der Waals surface area contributed by atoms with E-state index in [9.17, 15) is 9.90 Å². The molecule has 2 aromatic heterocycles. The number of fused-ring (bicyclic) bond motifs is 1. The molecular weight excluding hydrogens is 525 g/mol. The number of benzene rings is 2. The molecule has 0 spiro atoms. The van der Waals surface area contributed by atoms with E-state index in [1.54, 1.807) is 12.3 Å². The highest BCUT2D eigenvalue weighted by Crippen LogP contribution is 2.42. The normalized spacial score (nSPS) is 14.9. The van der Waals surface area contributed by atoms with Crippen LogP contribution in [0.25, 0.3) is 11.0 Å². The molecule has 186 valence electrons. The molecule has 6 nitrogen and oxygen atoms in total. The number of aliphatic carboxylic acids is 1. The van der Waals surface area contributed by atoms with E-state index in [0.29, 0.717) is 36.5 Å². The van der Waals surface area contributed by atoms with Gasteiger partial charge in [-0.15, -0.1) is 0 Å². The van der Waals surface area contributed by atoms with E-state index >= 15 is 4.39 Å². The summed E-state index contributed by atoms with van der Waals surface area (Å²) in [7, 11) is 0. The number of ether oxygens (including phenoxy) is 1. The second-order valence-corrected chi connectivity index (χ2v) is 10.4.